The summed E-state index contributed by atoms with van der Waals surface area (Å²) in [6.45, 7) is 1.93. The van der Waals surface area contributed by atoms with E-state index in [1.165, 1.54) is 12.1 Å². The number of nitrogens with two attached hydrogens (primary N) is 1. The Kier molecular flexibility index (Phi) is 4.01. The van der Waals surface area contributed by atoms with Gasteiger partial charge in [-0.05, 0) is 41.4 Å². The van der Waals surface area contributed by atoms with Crippen molar-refractivity contribution in [1.82, 2.24) is 5.16 Å². The minimum atomic E-state index is -3.74. The lowest BCUT2D eigenvalue weighted by Gasteiger charge is -2.04. The van der Waals surface area contributed by atoms with E-state index in [1.807, 2.05) is 6.92 Å². The van der Waals surface area contributed by atoms with E-state index in [-0.39, 0.29) is 10.1 Å². The second-order valence-corrected chi connectivity index (χ2v) is 6.79. The highest BCUT2D eigenvalue weighted by Crippen LogP contribution is 2.36. The largest absolute Gasteiger partial charge is 0.443 e. The van der Waals surface area contributed by atoms with Crippen LogP contribution in [0.1, 0.15) is 12.7 Å². The normalized spacial score (nSPS) is 11.8. The molecule has 0 saturated heterocycles. The van der Waals surface area contributed by atoms with Gasteiger partial charge in [0.1, 0.15) is 5.76 Å². The number of hydrogen-bond acceptors (Lipinski definition) is 5. The zero-order valence-electron chi connectivity index (χ0n) is 12.1. The molecule has 0 aliphatic heterocycles. The number of aryl methyl sites for hydroxylation is 1. The fourth-order valence-electron chi connectivity index (χ4n) is 2.28. The van der Waals surface area contributed by atoms with Gasteiger partial charge in [0.15, 0.2) is 16.7 Å². The summed E-state index contributed by atoms with van der Waals surface area (Å²) in [6.07, 6.45) is 0.619. The van der Waals surface area contributed by atoms with E-state index >= 15 is 0 Å². The summed E-state index contributed by atoms with van der Waals surface area (Å²) in [4.78, 5) is 0.0401. The molecule has 0 radical (unpaired) electrons. The molecule has 0 aliphatic rings. The molecule has 0 saturated carbocycles. The Morgan fingerprint density at radius 3 is 2.39 bits per heavy atom. The first-order chi connectivity index (χ1) is 10.9. The average Bonchev–Trinajstić information content (AvgIpc) is 3.12. The number of primary sulfonamides is 1. The molecule has 6 nitrogen and oxygen atoms in total. The number of furan rings is 1. The van der Waals surface area contributed by atoms with E-state index in [1.54, 1.807) is 24.3 Å². The third-order valence-corrected chi connectivity index (χ3v) is 4.49. The topological polar surface area (TPSA) is 99.3 Å². The van der Waals surface area contributed by atoms with Crippen LogP contribution in [0.3, 0.4) is 0 Å². The third-order valence-electron chi connectivity index (χ3n) is 3.36. The highest BCUT2D eigenvalue weighted by molar-refractivity contribution is 7.89. The molecule has 2 aromatic heterocycles. The Labute approximate surface area is 137 Å². The van der Waals surface area contributed by atoms with Crippen LogP contribution in [-0.2, 0) is 16.4 Å². The van der Waals surface area contributed by atoms with Crippen LogP contribution in [0.25, 0.3) is 22.6 Å². The molecule has 3 aromatic rings. The van der Waals surface area contributed by atoms with Crippen LogP contribution in [0.4, 0.5) is 0 Å². The Morgan fingerprint density at radius 1 is 1.17 bits per heavy atom. The predicted molar refractivity (Wildman–Crippen MR) is 85.4 cm³/mol. The van der Waals surface area contributed by atoms with E-state index in [9.17, 15) is 8.42 Å². The summed E-state index contributed by atoms with van der Waals surface area (Å²) < 4.78 is 33.5. The molecule has 0 bridgehead atoms. The number of nitrogens with zero attached hydrogens (tertiary/aromatic N) is 1. The quantitative estimate of drug-likeness (QED) is 0.775. The predicted octanol–water partition coefficient (Wildman–Crippen LogP) is 3.46. The van der Waals surface area contributed by atoms with Gasteiger partial charge in [0.2, 0.25) is 10.0 Å². The van der Waals surface area contributed by atoms with Gasteiger partial charge in [0, 0.05) is 6.42 Å². The molecule has 120 valence electrons. The second-order valence-electron chi connectivity index (χ2n) is 4.86. The minimum Gasteiger partial charge on any atom is -0.443 e. The second kappa shape index (κ2) is 5.84. The lowest BCUT2D eigenvalue weighted by Crippen LogP contribution is -2.11. The van der Waals surface area contributed by atoms with Crippen molar-refractivity contribution in [3.05, 3.63) is 47.4 Å². The van der Waals surface area contributed by atoms with Crippen LogP contribution >= 0.6 is 11.6 Å². The van der Waals surface area contributed by atoms with E-state index < -0.39 is 10.0 Å². The van der Waals surface area contributed by atoms with Crippen molar-refractivity contribution in [2.24, 2.45) is 5.14 Å². The molecule has 0 amide bonds. The van der Waals surface area contributed by atoms with Gasteiger partial charge in [-0.25, -0.2) is 13.6 Å². The lowest BCUT2D eigenvalue weighted by atomic mass is 10.0. The first-order valence-corrected chi connectivity index (χ1v) is 8.70. The molecular formula is C15H13ClN2O4S. The zero-order valence-corrected chi connectivity index (χ0v) is 13.7. The SMILES string of the molecule is CCc1onc(-c2ccc(Cl)o2)c1-c1ccc(S(N)(=O)=O)cc1. The fourth-order valence-corrected chi connectivity index (χ4v) is 2.95. The Morgan fingerprint density at radius 2 is 1.87 bits per heavy atom. The molecule has 0 spiro atoms. The Hall–Kier alpha value is -2.09. The number of halogens is 1. The summed E-state index contributed by atoms with van der Waals surface area (Å²) in [7, 11) is -3.74. The molecule has 0 fully saturated rings. The number of aromatic nitrogens is 1. The summed E-state index contributed by atoms with van der Waals surface area (Å²) >= 11 is 5.81. The van der Waals surface area contributed by atoms with Gasteiger partial charge >= 0.3 is 0 Å². The van der Waals surface area contributed by atoms with Crippen LogP contribution in [0.2, 0.25) is 5.22 Å². The Balaban J connectivity index is 2.13. The number of sulfonamides is 1. The summed E-state index contributed by atoms with van der Waals surface area (Å²) in [5, 5.41) is 9.41. The number of benzene rings is 1. The van der Waals surface area contributed by atoms with Crippen molar-refractivity contribution >= 4 is 21.6 Å². The molecule has 0 unspecified atom stereocenters. The van der Waals surface area contributed by atoms with Crippen molar-refractivity contribution in [2.45, 2.75) is 18.2 Å². The molecule has 3 rings (SSSR count). The van der Waals surface area contributed by atoms with Crippen LogP contribution in [-0.4, -0.2) is 13.6 Å². The van der Waals surface area contributed by atoms with E-state index in [0.29, 0.717) is 23.6 Å². The van der Waals surface area contributed by atoms with Crippen LogP contribution in [0.15, 0.2) is 50.2 Å². The smallest absolute Gasteiger partial charge is 0.238 e. The monoisotopic (exact) mass is 352 g/mol. The van der Waals surface area contributed by atoms with Gasteiger partial charge in [0.25, 0.3) is 0 Å². The molecule has 8 heteroatoms. The van der Waals surface area contributed by atoms with Gasteiger partial charge < -0.3 is 8.94 Å². The number of rotatable bonds is 4. The zero-order chi connectivity index (χ0) is 16.6. The van der Waals surface area contributed by atoms with Crippen molar-refractivity contribution in [3.63, 3.8) is 0 Å². The first-order valence-electron chi connectivity index (χ1n) is 6.77. The molecule has 0 atom stereocenters. The molecule has 0 aliphatic carbocycles. The highest BCUT2D eigenvalue weighted by Gasteiger charge is 2.21. The van der Waals surface area contributed by atoms with Gasteiger partial charge in [-0.1, -0.05) is 24.2 Å². The van der Waals surface area contributed by atoms with E-state index in [4.69, 9.17) is 25.7 Å². The molecule has 2 N–H and O–H groups in total. The van der Waals surface area contributed by atoms with Gasteiger partial charge in [-0.3, -0.25) is 0 Å². The van der Waals surface area contributed by atoms with Crippen molar-refractivity contribution in [1.29, 1.82) is 0 Å². The van der Waals surface area contributed by atoms with E-state index in [2.05, 4.69) is 5.16 Å². The van der Waals surface area contributed by atoms with Crippen molar-refractivity contribution < 1.29 is 17.4 Å². The van der Waals surface area contributed by atoms with Crippen molar-refractivity contribution in [3.8, 4) is 22.6 Å². The highest BCUT2D eigenvalue weighted by atomic mass is 35.5. The molecule has 1 aromatic carbocycles. The third kappa shape index (κ3) is 3.03. The maximum atomic E-state index is 11.4. The maximum absolute atomic E-state index is 11.4. The maximum Gasteiger partial charge on any atom is 0.238 e. The van der Waals surface area contributed by atoms with Crippen LogP contribution in [0.5, 0.6) is 0 Å². The van der Waals surface area contributed by atoms with E-state index in [0.717, 1.165) is 11.1 Å². The Bertz CT molecular complexity index is 942. The first kappa shape index (κ1) is 15.8. The van der Waals surface area contributed by atoms with Gasteiger partial charge in [0.05, 0.1) is 10.5 Å². The summed E-state index contributed by atoms with van der Waals surface area (Å²) in [5.74, 6) is 1.14. The van der Waals surface area contributed by atoms with Crippen molar-refractivity contribution in [2.75, 3.05) is 0 Å². The van der Waals surface area contributed by atoms with Gasteiger partial charge in [-0.15, -0.1) is 0 Å². The summed E-state index contributed by atoms with van der Waals surface area (Å²) in [5.41, 5.74) is 2.00. The van der Waals surface area contributed by atoms with Crippen LogP contribution in [0, 0.1) is 0 Å². The minimum absolute atomic E-state index is 0.0401. The van der Waals surface area contributed by atoms with Gasteiger partial charge in [-0.2, -0.15) is 0 Å². The molecular weight excluding hydrogens is 340 g/mol. The summed E-state index contributed by atoms with van der Waals surface area (Å²) in [6, 6.07) is 9.50. The fraction of sp³-hybridized carbons (Fsp3) is 0.133. The van der Waals surface area contributed by atoms with Crippen LogP contribution < -0.4 is 5.14 Å². The lowest BCUT2D eigenvalue weighted by molar-refractivity contribution is 0.387. The molecule has 2 heterocycles. The number of hydrogen-bond donors (Lipinski definition) is 1. The standard InChI is InChI=1S/C15H13ClN2O4S/c1-2-11-14(9-3-5-10(6-4-9)23(17,19)20)15(18-22-11)12-7-8-13(16)21-12/h3-8H,2H2,1H3,(H2,17,19,20). The molecule has 23 heavy (non-hydrogen) atoms. The average molecular weight is 353 g/mol.